The van der Waals surface area contributed by atoms with Crippen molar-refractivity contribution in [3.63, 3.8) is 0 Å². The second kappa shape index (κ2) is 9.77. The molecule has 5 rings (SSSR count). The molecule has 2 atom stereocenters. The summed E-state index contributed by atoms with van der Waals surface area (Å²) in [5.41, 5.74) is 5.18. The first-order chi connectivity index (χ1) is 17.7. The van der Waals surface area contributed by atoms with Crippen LogP contribution in [0.4, 0.5) is 28.0 Å². The minimum Gasteiger partial charge on any atom is -0.384 e. The Hall–Kier alpha value is -3.47. The third-order valence-corrected chi connectivity index (χ3v) is 7.30. The molecule has 2 bridgehead atoms. The maximum Gasteiger partial charge on any atom is 0.321 e. The van der Waals surface area contributed by atoms with E-state index < -0.39 is 46.7 Å². The lowest BCUT2D eigenvalue weighted by atomic mass is 9.67. The van der Waals surface area contributed by atoms with E-state index in [9.17, 15) is 23.1 Å². The maximum atomic E-state index is 15.3. The summed E-state index contributed by atoms with van der Waals surface area (Å²) in [6, 6.07) is 10.8. The van der Waals surface area contributed by atoms with Crippen LogP contribution < -0.4 is 16.4 Å². The van der Waals surface area contributed by atoms with Crippen LogP contribution in [0.1, 0.15) is 11.1 Å². The Kier molecular flexibility index (Phi) is 6.65. The van der Waals surface area contributed by atoms with Crippen LogP contribution in [-0.4, -0.2) is 42.2 Å². The van der Waals surface area contributed by atoms with Gasteiger partial charge in [0.2, 0.25) is 0 Å². The first kappa shape index (κ1) is 25.2. The van der Waals surface area contributed by atoms with Crippen molar-refractivity contribution in [1.29, 1.82) is 0 Å². The summed E-state index contributed by atoms with van der Waals surface area (Å²) in [6.45, 7) is 1.15. The van der Waals surface area contributed by atoms with Crippen molar-refractivity contribution < 1.29 is 27.5 Å². The molecule has 2 unspecified atom stereocenters. The van der Waals surface area contributed by atoms with E-state index in [-0.39, 0.29) is 36.4 Å². The zero-order valence-electron chi connectivity index (χ0n) is 19.8. The zero-order valence-corrected chi connectivity index (χ0v) is 19.8. The average Bonchev–Trinajstić information content (AvgIpc) is 2.83. The molecule has 0 saturated carbocycles. The molecule has 2 amide bonds. The fourth-order valence-electron chi connectivity index (χ4n) is 5.44. The van der Waals surface area contributed by atoms with Gasteiger partial charge < -0.3 is 26.4 Å². The summed E-state index contributed by atoms with van der Waals surface area (Å²) in [7, 11) is 0. The molecular formula is C27H26F4N4O2. The minimum absolute atomic E-state index is 0.0176. The first-order valence-corrected chi connectivity index (χ1v) is 11.9. The maximum absolute atomic E-state index is 15.3. The lowest BCUT2D eigenvalue weighted by Crippen LogP contribution is -2.65. The molecule has 2 aliphatic rings. The number of piperidine rings is 2. The normalized spacial score (nSPS) is 23.1. The van der Waals surface area contributed by atoms with E-state index in [1.807, 2.05) is 0 Å². The molecule has 2 saturated heterocycles. The highest BCUT2D eigenvalue weighted by molar-refractivity contribution is 5.89. The average molecular weight is 515 g/mol. The molecular weight excluding hydrogens is 488 g/mol. The summed E-state index contributed by atoms with van der Waals surface area (Å²) in [5, 5.41) is 17.6. The quantitative estimate of drug-likeness (QED) is 0.397. The predicted molar refractivity (Wildman–Crippen MR) is 130 cm³/mol. The van der Waals surface area contributed by atoms with Crippen molar-refractivity contribution in [2.24, 2.45) is 17.6 Å². The van der Waals surface area contributed by atoms with Gasteiger partial charge in [0.25, 0.3) is 0 Å². The molecule has 0 spiro atoms. The number of fused-ring (bicyclic) bond motifs is 2. The third kappa shape index (κ3) is 4.68. The van der Waals surface area contributed by atoms with Crippen LogP contribution in [0.25, 0.3) is 11.1 Å². The van der Waals surface area contributed by atoms with E-state index in [1.54, 1.807) is 12.1 Å². The largest absolute Gasteiger partial charge is 0.384 e. The molecule has 0 aliphatic carbocycles. The van der Waals surface area contributed by atoms with Crippen LogP contribution in [0.5, 0.6) is 0 Å². The van der Waals surface area contributed by atoms with Gasteiger partial charge >= 0.3 is 6.03 Å². The van der Waals surface area contributed by atoms with E-state index in [2.05, 4.69) is 10.6 Å². The van der Waals surface area contributed by atoms with Gasteiger partial charge in [0.05, 0.1) is 0 Å². The van der Waals surface area contributed by atoms with Crippen LogP contribution in [0.15, 0.2) is 54.6 Å². The number of hydrogen-bond acceptors (Lipinski definition) is 4. The standard InChI is InChI=1S/C27H26F4N4O2/c28-19-7-20(29)9-21(8-19)34-26(36)35-13-17-11-33-12-18(14-35)27(17,37)16-2-4-23(25(31)6-16)22-3-1-15(10-32)5-24(22)30/h1-9,17-18,33,37H,10-14,32H2,(H,34,36). The fraction of sp³-hybridized carbons (Fsp3) is 0.296. The van der Waals surface area contributed by atoms with Crippen molar-refractivity contribution >= 4 is 11.7 Å². The molecule has 3 aromatic carbocycles. The first-order valence-electron chi connectivity index (χ1n) is 11.9. The molecule has 3 aromatic rings. The van der Waals surface area contributed by atoms with E-state index in [0.717, 1.165) is 12.1 Å². The number of benzene rings is 3. The SMILES string of the molecule is NCc1ccc(-c2ccc(C3(O)C4CNCC3CN(C(=O)Nc3cc(F)cc(F)c3)C4)cc2F)c(F)c1. The Morgan fingerprint density at radius 2 is 1.54 bits per heavy atom. The molecule has 0 radical (unpaired) electrons. The van der Waals surface area contributed by atoms with Gasteiger partial charge in [-0.15, -0.1) is 0 Å². The van der Waals surface area contributed by atoms with Gasteiger partial charge in [-0.1, -0.05) is 24.3 Å². The smallest absolute Gasteiger partial charge is 0.321 e. The van der Waals surface area contributed by atoms with Gasteiger partial charge in [-0.05, 0) is 35.4 Å². The van der Waals surface area contributed by atoms with Gasteiger partial charge in [-0.25, -0.2) is 22.4 Å². The number of hydrogen-bond donors (Lipinski definition) is 4. The van der Waals surface area contributed by atoms with Crippen molar-refractivity contribution in [2.45, 2.75) is 12.1 Å². The van der Waals surface area contributed by atoms with Crippen molar-refractivity contribution in [3.8, 4) is 11.1 Å². The molecule has 10 heteroatoms. The molecule has 37 heavy (non-hydrogen) atoms. The van der Waals surface area contributed by atoms with Crippen LogP contribution in [-0.2, 0) is 12.1 Å². The number of nitrogens with zero attached hydrogens (tertiary/aromatic N) is 1. The Balaban J connectivity index is 1.39. The molecule has 194 valence electrons. The highest BCUT2D eigenvalue weighted by Crippen LogP contribution is 2.44. The number of carbonyl (C=O) groups is 1. The number of anilines is 1. The van der Waals surface area contributed by atoms with E-state index in [0.29, 0.717) is 30.3 Å². The zero-order chi connectivity index (χ0) is 26.3. The summed E-state index contributed by atoms with van der Waals surface area (Å²) >= 11 is 0. The predicted octanol–water partition coefficient (Wildman–Crippen LogP) is 3.94. The molecule has 2 heterocycles. The summed E-state index contributed by atoms with van der Waals surface area (Å²) in [6.07, 6.45) is 0. The Morgan fingerprint density at radius 3 is 2.11 bits per heavy atom. The van der Waals surface area contributed by atoms with E-state index >= 15 is 4.39 Å². The number of carbonyl (C=O) groups excluding carboxylic acids is 1. The second-order valence-corrected chi connectivity index (χ2v) is 9.58. The van der Waals surface area contributed by atoms with Gasteiger partial charge in [0.1, 0.15) is 28.9 Å². The third-order valence-electron chi connectivity index (χ3n) is 7.30. The summed E-state index contributed by atoms with van der Waals surface area (Å²) < 4.78 is 56.9. The van der Waals surface area contributed by atoms with E-state index in [4.69, 9.17) is 5.73 Å². The molecule has 5 N–H and O–H groups in total. The lowest BCUT2D eigenvalue weighted by Gasteiger charge is -2.53. The minimum atomic E-state index is -1.44. The topological polar surface area (TPSA) is 90.6 Å². The molecule has 6 nitrogen and oxygen atoms in total. The Bertz CT molecular complexity index is 1320. The Labute approximate surface area is 211 Å². The monoisotopic (exact) mass is 514 g/mol. The number of nitrogens with two attached hydrogens (primary N) is 1. The van der Waals surface area contributed by atoms with E-state index in [1.165, 1.54) is 29.2 Å². The van der Waals surface area contributed by atoms with Crippen molar-refractivity contribution in [2.75, 3.05) is 31.5 Å². The van der Waals surface area contributed by atoms with Gasteiger partial charge in [0.15, 0.2) is 0 Å². The number of rotatable bonds is 4. The van der Waals surface area contributed by atoms with Gasteiger partial charge in [0, 0.05) is 67.4 Å². The number of nitrogens with one attached hydrogen (secondary N) is 2. The highest BCUT2D eigenvalue weighted by Gasteiger charge is 2.52. The van der Waals surface area contributed by atoms with Crippen LogP contribution in [0, 0.1) is 35.1 Å². The fourth-order valence-corrected chi connectivity index (χ4v) is 5.44. The molecule has 2 fully saturated rings. The Morgan fingerprint density at radius 1 is 0.946 bits per heavy atom. The van der Waals surface area contributed by atoms with Gasteiger partial charge in [-0.3, -0.25) is 0 Å². The van der Waals surface area contributed by atoms with Crippen molar-refractivity contribution in [1.82, 2.24) is 10.2 Å². The van der Waals surface area contributed by atoms with Crippen LogP contribution in [0.3, 0.4) is 0 Å². The number of halogens is 4. The number of aliphatic hydroxyl groups is 1. The van der Waals surface area contributed by atoms with Gasteiger partial charge in [-0.2, -0.15) is 0 Å². The highest BCUT2D eigenvalue weighted by atomic mass is 19.1. The van der Waals surface area contributed by atoms with Crippen LogP contribution >= 0.6 is 0 Å². The molecule has 0 aromatic heterocycles. The lowest BCUT2D eigenvalue weighted by molar-refractivity contribution is -0.129. The number of amides is 2. The number of urea groups is 1. The second-order valence-electron chi connectivity index (χ2n) is 9.58. The summed E-state index contributed by atoms with van der Waals surface area (Å²) in [5.74, 6) is -3.87. The molecule has 2 aliphatic heterocycles. The van der Waals surface area contributed by atoms with Crippen molar-refractivity contribution in [3.05, 3.63) is 89.0 Å². The number of likely N-dealkylation sites (tertiary alicyclic amines) is 1. The van der Waals surface area contributed by atoms with Crippen LogP contribution in [0.2, 0.25) is 0 Å². The summed E-state index contributed by atoms with van der Waals surface area (Å²) in [4.78, 5) is 14.3.